The van der Waals surface area contributed by atoms with E-state index in [1.54, 1.807) is 11.3 Å². The first-order valence-corrected chi connectivity index (χ1v) is 9.36. The molecule has 0 bridgehead atoms. The van der Waals surface area contributed by atoms with Crippen LogP contribution in [0.4, 0.5) is 4.79 Å². The molecule has 1 aliphatic heterocycles. The first-order valence-electron chi connectivity index (χ1n) is 8.54. The second kappa shape index (κ2) is 7.09. The van der Waals surface area contributed by atoms with Crippen molar-refractivity contribution in [3.05, 3.63) is 29.3 Å². The summed E-state index contributed by atoms with van der Waals surface area (Å²) in [7, 11) is 1.91. The third kappa shape index (κ3) is 3.67. The number of imide groups is 1. The van der Waals surface area contributed by atoms with E-state index in [0.717, 1.165) is 15.2 Å². The Hall–Kier alpha value is -1.99. The van der Waals surface area contributed by atoms with Crippen LogP contribution < -0.4 is 5.32 Å². The summed E-state index contributed by atoms with van der Waals surface area (Å²) in [5.74, 6) is 0.218. The van der Waals surface area contributed by atoms with Gasteiger partial charge in [0.1, 0.15) is 11.0 Å². The Morgan fingerprint density at radius 2 is 2.00 bits per heavy atom. The van der Waals surface area contributed by atoms with Crippen molar-refractivity contribution < 1.29 is 9.59 Å². The number of thiazole rings is 1. The molecular weight excluding hydrogens is 336 g/mol. The van der Waals surface area contributed by atoms with E-state index in [1.807, 2.05) is 50.9 Å². The van der Waals surface area contributed by atoms with Crippen LogP contribution in [0.3, 0.4) is 0 Å². The molecule has 1 aliphatic rings. The van der Waals surface area contributed by atoms with E-state index in [0.29, 0.717) is 12.3 Å². The van der Waals surface area contributed by atoms with Gasteiger partial charge in [-0.25, -0.2) is 14.7 Å². The fraction of sp³-hybridized carbons (Fsp3) is 0.500. The van der Waals surface area contributed by atoms with Crippen LogP contribution in [-0.4, -0.2) is 46.5 Å². The fourth-order valence-corrected chi connectivity index (χ4v) is 4.03. The number of fused-ring (bicyclic) bond motifs is 1. The van der Waals surface area contributed by atoms with Crippen molar-refractivity contribution in [3.63, 3.8) is 0 Å². The van der Waals surface area contributed by atoms with Crippen molar-refractivity contribution in [2.75, 3.05) is 13.7 Å². The minimum absolute atomic E-state index is 0.0159. The molecule has 134 valence electrons. The molecule has 2 atom stereocenters. The molecule has 7 heteroatoms. The van der Waals surface area contributed by atoms with Crippen LogP contribution in [0.2, 0.25) is 0 Å². The molecule has 1 fully saturated rings. The number of hydrogen-bond acceptors (Lipinski definition) is 5. The number of aromatic nitrogens is 1. The van der Waals surface area contributed by atoms with Gasteiger partial charge in [0, 0.05) is 0 Å². The zero-order chi connectivity index (χ0) is 18.1. The SMILES string of the molecule is CC(C)CC1NC(=O)N(CN(C)C(C)c2nc3ccccc3s2)C1=O. The average Bonchev–Trinajstić information content (AvgIpc) is 3.10. The third-order valence-electron chi connectivity index (χ3n) is 4.51. The van der Waals surface area contributed by atoms with Crippen molar-refractivity contribution in [1.82, 2.24) is 20.1 Å². The second-order valence-electron chi connectivity index (χ2n) is 6.99. The molecule has 1 saturated heterocycles. The molecule has 2 aromatic rings. The molecule has 1 aromatic carbocycles. The average molecular weight is 360 g/mol. The van der Waals surface area contributed by atoms with Gasteiger partial charge in [-0.2, -0.15) is 0 Å². The Labute approximate surface area is 151 Å². The number of carbonyl (C=O) groups is 2. The smallest absolute Gasteiger partial charge is 0.325 e. The zero-order valence-electron chi connectivity index (χ0n) is 15.0. The lowest BCUT2D eigenvalue weighted by Crippen LogP contribution is -2.41. The second-order valence-corrected chi connectivity index (χ2v) is 8.05. The highest BCUT2D eigenvalue weighted by molar-refractivity contribution is 7.18. The number of amides is 3. The summed E-state index contributed by atoms with van der Waals surface area (Å²) in [4.78, 5) is 32.6. The first kappa shape index (κ1) is 17.8. The lowest BCUT2D eigenvalue weighted by Gasteiger charge is -2.26. The van der Waals surface area contributed by atoms with Gasteiger partial charge in [-0.05, 0) is 38.4 Å². The summed E-state index contributed by atoms with van der Waals surface area (Å²) in [6, 6.07) is 7.33. The largest absolute Gasteiger partial charge is 0.326 e. The number of rotatable bonds is 6. The molecule has 25 heavy (non-hydrogen) atoms. The summed E-state index contributed by atoms with van der Waals surface area (Å²) < 4.78 is 1.14. The van der Waals surface area contributed by atoms with Gasteiger partial charge in [0.2, 0.25) is 0 Å². The maximum Gasteiger partial charge on any atom is 0.325 e. The van der Waals surface area contributed by atoms with Crippen molar-refractivity contribution >= 4 is 33.5 Å². The lowest BCUT2D eigenvalue weighted by molar-refractivity contribution is -0.129. The molecule has 0 saturated carbocycles. The van der Waals surface area contributed by atoms with Crippen LogP contribution >= 0.6 is 11.3 Å². The monoisotopic (exact) mass is 360 g/mol. The fourth-order valence-electron chi connectivity index (χ4n) is 2.94. The lowest BCUT2D eigenvalue weighted by atomic mass is 10.0. The van der Waals surface area contributed by atoms with Gasteiger partial charge in [-0.15, -0.1) is 11.3 Å². The molecule has 1 N–H and O–H groups in total. The summed E-state index contributed by atoms with van der Waals surface area (Å²) in [6.45, 7) is 6.39. The van der Waals surface area contributed by atoms with Gasteiger partial charge < -0.3 is 5.32 Å². The van der Waals surface area contributed by atoms with Crippen LogP contribution in [0.1, 0.15) is 38.2 Å². The summed E-state index contributed by atoms with van der Waals surface area (Å²) in [5.41, 5.74) is 0.981. The zero-order valence-corrected chi connectivity index (χ0v) is 15.8. The quantitative estimate of drug-likeness (QED) is 0.804. The molecule has 0 spiro atoms. The number of nitrogens with zero attached hydrogens (tertiary/aromatic N) is 3. The number of benzene rings is 1. The topological polar surface area (TPSA) is 65.5 Å². The van der Waals surface area contributed by atoms with E-state index in [1.165, 1.54) is 4.90 Å². The molecule has 6 nitrogen and oxygen atoms in total. The van der Waals surface area contributed by atoms with E-state index < -0.39 is 6.04 Å². The molecule has 3 amide bonds. The van der Waals surface area contributed by atoms with Crippen LogP contribution in [0.25, 0.3) is 10.2 Å². The number of nitrogens with one attached hydrogen (secondary N) is 1. The van der Waals surface area contributed by atoms with E-state index in [2.05, 4.69) is 16.4 Å². The molecule has 0 radical (unpaired) electrons. The molecule has 1 aromatic heterocycles. The normalized spacial score (nSPS) is 19.3. The van der Waals surface area contributed by atoms with Gasteiger partial charge in [-0.3, -0.25) is 9.69 Å². The van der Waals surface area contributed by atoms with Crippen LogP contribution in [0.5, 0.6) is 0 Å². The minimum atomic E-state index is -0.404. The Bertz CT molecular complexity index is 755. The molecule has 2 heterocycles. The van der Waals surface area contributed by atoms with Gasteiger partial charge >= 0.3 is 6.03 Å². The number of para-hydroxylation sites is 1. The highest BCUT2D eigenvalue weighted by Gasteiger charge is 2.39. The Morgan fingerprint density at radius 3 is 2.68 bits per heavy atom. The third-order valence-corrected chi connectivity index (χ3v) is 5.71. The van der Waals surface area contributed by atoms with Gasteiger partial charge in [0.15, 0.2) is 0 Å². The number of urea groups is 1. The van der Waals surface area contributed by atoms with Gasteiger partial charge in [-0.1, -0.05) is 26.0 Å². The highest BCUT2D eigenvalue weighted by atomic mass is 32.1. The van der Waals surface area contributed by atoms with Crippen LogP contribution in [-0.2, 0) is 4.79 Å². The van der Waals surface area contributed by atoms with E-state index in [9.17, 15) is 9.59 Å². The summed E-state index contributed by atoms with van der Waals surface area (Å²) in [6.07, 6.45) is 0.665. The van der Waals surface area contributed by atoms with E-state index >= 15 is 0 Å². The van der Waals surface area contributed by atoms with E-state index in [-0.39, 0.29) is 24.6 Å². The molecule has 3 rings (SSSR count). The maximum atomic E-state index is 12.5. The van der Waals surface area contributed by atoms with Gasteiger partial charge in [0.25, 0.3) is 5.91 Å². The van der Waals surface area contributed by atoms with Crippen LogP contribution in [0, 0.1) is 5.92 Å². The van der Waals surface area contributed by atoms with Crippen molar-refractivity contribution in [2.45, 2.75) is 39.3 Å². The van der Waals surface area contributed by atoms with Gasteiger partial charge in [0.05, 0.1) is 22.9 Å². The molecular formula is C18H24N4O2S. The van der Waals surface area contributed by atoms with Crippen molar-refractivity contribution in [2.24, 2.45) is 5.92 Å². The Morgan fingerprint density at radius 1 is 1.28 bits per heavy atom. The Balaban J connectivity index is 1.69. The standard InChI is InChI=1S/C18H24N4O2S/c1-11(2)9-14-17(23)22(18(24)20-14)10-21(4)12(3)16-19-13-7-5-6-8-15(13)25-16/h5-8,11-12,14H,9-10H2,1-4H3,(H,20,24). The summed E-state index contributed by atoms with van der Waals surface area (Å²) >= 11 is 1.65. The van der Waals surface area contributed by atoms with E-state index in [4.69, 9.17) is 0 Å². The van der Waals surface area contributed by atoms with Crippen molar-refractivity contribution in [3.8, 4) is 0 Å². The number of carbonyl (C=O) groups excluding carboxylic acids is 2. The summed E-state index contributed by atoms with van der Waals surface area (Å²) in [5, 5.41) is 3.77. The predicted octanol–water partition coefficient (Wildman–Crippen LogP) is 3.21. The van der Waals surface area contributed by atoms with Crippen LogP contribution in [0.15, 0.2) is 24.3 Å². The molecule has 0 aliphatic carbocycles. The predicted molar refractivity (Wildman–Crippen MR) is 99.3 cm³/mol. The number of hydrogen-bond donors (Lipinski definition) is 1. The Kier molecular flexibility index (Phi) is 5.06. The first-order chi connectivity index (χ1) is 11.9. The molecule has 2 unspecified atom stereocenters. The minimum Gasteiger partial charge on any atom is -0.326 e. The highest BCUT2D eigenvalue weighted by Crippen LogP contribution is 2.29. The maximum absolute atomic E-state index is 12.5. The van der Waals surface area contributed by atoms with Crippen molar-refractivity contribution in [1.29, 1.82) is 0 Å².